The van der Waals surface area contributed by atoms with Crippen molar-refractivity contribution >= 4 is 18.7 Å². The van der Waals surface area contributed by atoms with Crippen LogP contribution in [0.4, 0.5) is 4.79 Å². The Balaban J connectivity index is 0. The molecule has 1 N–H and O–H groups in total. The molecule has 0 bridgehead atoms. The molecule has 0 aromatic rings. The standard InChI is InChI=1S/CH2AsO2.Au.Ni/c2-1(3)4;;/h2H,(H,3,4);;/q-1;;+1. The maximum Gasteiger partial charge on any atom is 0 e. The van der Waals surface area contributed by atoms with Crippen LogP contribution in [0.25, 0.3) is 0 Å². The topological polar surface area (TPSA) is 37.3 Å². The van der Waals surface area contributed by atoms with Crippen LogP contribution in [0.3, 0.4) is 0 Å². The van der Waals surface area contributed by atoms with Gasteiger partial charge < -0.3 is 0 Å². The molecular weight excluding hydrogens is 375 g/mol. The number of hydrogen-bond donors (Lipinski definition) is 1. The van der Waals surface area contributed by atoms with Crippen LogP contribution in [0.15, 0.2) is 0 Å². The van der Waals surface area contributed by atoms with E-state index < -0.39 is 18.7 Å². The van der Waals surface area contributed by atoms with Crippen LogP contribution in [-0.4, -0.2) is 23.9 Å². The van der Waals surface area contributed by atoms with Crippen molar-refractivity contribution in [1.29, 1.82) is 0 Å². The fourth-order valence-electron chi connectivity index (χ4n) is 0. The normalized spacial score (nSPS) is 8.33. The van der Waals surface area contributed by atoms with Crippen molar-refractivity contribution in [2.24, 2.45) is 0 Å². The monoisotopic (exact) mass is 376 g/mol. The van der Waals surface area contributed by atoms with Crippen molar-refractivity contribution < 1.29 is 45.8 Å². The van der Waals surface area contributed by atoms with Crippen LogP contribution in [-0.2, 0) is 35.9 Å². The molecule has 0 heterocycles. The SMILES string of the molecule is O=C(O)[AsH][Ni].[Au]. The first-order chi connectivity index (χ1) is 2.27. The number of hydrogen-bond acceptors (Lipinski definition) is 1. The van der Waals surface area contributed by atoms with Gasteiger partial charge in [-0.05, 0) is 0 Å². The van der Waals surface area contributed by atoms with Crippen LogP contribution in [0.1, 0.15) is 0 Å². The van der Waals surface area contributed by atoms with Crippen molar-refractivity contribution in [2.45, 2.75) is 0 Å². The molecule has 0 aliphatic heterocycles. The van der Waals surface area contributed by atoms with Gasteiger partial charge in [-0.2, -0.15) is 0 Å². The van der Waals surface area contributed by atoms with Gasteiger partial charge in [0.15, 0.2) is 0 Å². The van der Waals surface area contributed by atoms with Crippen molar-refractivity contribution in [1.82, 2.24) is 0 Å². The number of carbonyl (C=O) groups is 1. The van der Waals surface area contributed by atoms with E-state index in [1.54, 1.807) is 0 Å². The Bertz CT molecular complexity index is 48.8. The third-order valence-electron chi connectivity index (χ3n) is 0.0676. The molecule has 1 radical (unpaired) electrons. The Morgan fingerprint density at radius 3 is 2.00 bits per heavy atom. The summed E-state index contributed by atoms with van der Waals surface area (Å²) in [6, 6.07) is 0. The van der Waals surface area contributed by atoms with Crippen LogP contribution in [0, 0.1) is 0 Å². The molecule has 2 nitrogen and oxygen atoms in total. The Kier molecular flexibility index (Phi) is 10.7. The first-order valence-corrected chi connectivity index (χ1v) is 5.11. The zero-order chi connectivity index (χ0) is 4.28. The summed E-state index contributed by atoms with van der Waals surface area (Å²) in [5, 5.41) is 7.68. The molecule has 0 aromatic carbocycles. The summed E-state index contributed by atoms with van der Waals surface area (Å²) in [5.41, 5.74) is 0. The van der Waals surface area contributed by atoms with Crippen molar-refractivity contribution in [2.75, 3.05) is 0 Å². The predicted molar refractivity (Wildman–Crippen MR) is 15.2 cm³/mol. The Morgan fingerprint density at radius 2 is 2.00 bits per heavy atom. The summed E-state index contributed by atoms with van der Waals surface area (Å²) in [7, 11) is 0. The molecular formula is CH2AsAuNiO2. The number of carboxylic acid groups (broad SMARTS) is 1. The van der Waals surface area contributed by atoms with E-state index in [0.717, 1.165) is 0 Å². The largest absolute Gasteiger partial charge is 0 e. The summed E-state index contributed by atoms with van der Waals surface area (Å²) in [6.07, 6.45) is 0. The van der Waals surface area contributed by atoms with Crippen molar-refractivity contribution in [3.05, 3.63) is 0 Å². The van der Waals surface area contributed by atoms with E-state index in [4.69, 9.17) is 5.11 Å². The molecule has 0 rings (SSSR count). The molecule has 0 aromatic heterocycles. The van der Waals surface area contributed by atoms with Gasteiger partial charge in [-0.25, -0.2) is 0 Å². The zero-order valence-corrected chi connectivity index (χ0v) is 7.73. The van der Waals surface area contributed by atoms with E-state index in [0.29, 0.717) is 0 Å². The van der Waals surface area contributed by atoms with Gasteiger partial charge in [0.25, 0.3) is 0 Å². The summed E-state index contributed by atoms with van der Waals surface area (Å²) in [5.74, 6) is 0. The number of rotatable bonds is 1. The molecule has 6 heavy (non-hydrogen) atoms. The van der Waals surface area contributed by atoms with Gasteiger partial charge in [0.05, 0.1) is 0 Å². The van der Waals surface area contributed by atoms with Crippen molar-refractivity contribution in [3.8, 4) is 0 Å². The zero-order valence-electron chi connectivity index (χ0n) is 2.47. The van der Waals surface area contributed by atoms with Crippen LogP contribution < -0.4 is 0 Å². The van der Waals surface area contributed by atoms with Gasteiger partial charge in [0.1, 0.15) is 0 Å². The van der Waals surface area contributed by atoms with E-state index in [1.165, 1.54) is 0 Å². The first-order valence-electron chi connectivity index (χ1n) is 0.836. The molecule has 44 valence electrons. The van der Waals surface area contributed by atoms with Crippen LogP contribution >= 0.6 is 0 Å². The summed E-state index contributed by atoms with van der Waals surface area (Å²) in [4.78, 5) is 9.33. The Hall–Kier alpha value is 1.26. The fourth-order valence-corrected chi connectivity index (χ4v) is 0. The molecule has 0 spiro atoms. The fraction of sp³-hybridized carbons (Fsp3) is 0. The average Bonchev–Trinajstić information content (AvgIpc) is 1.38. The quantitative estimate of drug-likeness (QED) is 0.630. The van der Waals surface area contributed by atoms with E-state index in [9.17, 15) is 4.79 Å². The van der Waals surface area contributed by atoms with Gasteiger partial charge in [0, 0.05) is 22.4 Å². The maximum atomic E-state index is 9.33. The smallest absolute Gasteiger partial charge is 0 e. The predicted octanol–water partition coefficient (Wildman–Crippen LogP) is -0.440. The molecule has 0 saturated carbocycles. The van der Waals surface area contributed by atoms with E-state index >= 15 is 0 Å². The van der Waals surface area contributed by atoms with Gasteiger partial charge in [-0.3, -0.25) is 0 Å². The molecule has 0 fully saturated rings. The Labute approximate surface area is 64.1 Å². The minimum Gasteiger partial charge on any atom is 0 e. The summed E-state index contributed by atoms with van der Waals surface area (Å²) >= 11 is 2.94. The van der Waals surface area contributed by atoms with Gasteiger partial charge >= 0.3 is 42.1 Å². The summed E-state index contributed by atoms with van der Waals surface area (Å²) in [6.45, 7) is 0. The third kappa shape index (κ3) is 8.98. The minimum atomic E-state index is -1.01. The van der Waals surface area contributed by atoms with Crippen molar-refractivity contribution in [3.63, 3.8) is 0 Å². The molecule has 1 atom stereocenters. The van der Waals surface area contributed by atoms with E-state index in [2.05, 4.69) is 13.5 Å². The molecule has 5 heteroatoms. The van der Waals surface area contributed by atoms with Gasteiger partial charge in [-0.15, -0.1) is 0 Å². The molecule has 1 unspecified atom stereocenters. The molecule has 0 aliphatic rings. The molecule has 0 aliphatic carbocycles. The second-order valence-corrected chi connectivity index (χ2v) is 2.90. The second kappa shape index (κ2) is 6.26. The van der Waals surface area contributed by atoms with Gasteiger partial charge in [-0.1, -0.05) is 0 Å². The van der Waals surface area contributed by atoms with E-state index in [1.807, 2.05) is 0 Å². The third-order valence-corrected chi connectivity index (χ3v) is 1.45. The molecule has 0 saturated heterocycles. The van der Waals surface area contributed by atoms with E-state index in [-0.39, 0.29) is 22.4 Å². The molecule has 0 amide bonds. The minimum absolute atomic E-state index is 0. The summed E-state index contributed by atoms with van der Waals surface area (Å²) < 4.78 is -0.787. The second-order valence-electron chi connectivity index (χ2n) is 0.384. The van der Waals surface area contributed by atoms with Gasteiger partial charge in [0.2, 0.25) is 0 Å². The Morgan fingerprint density at radius 1 is 1.83 bits per heavy atom. The van der Waals surface area contributed by atoms with Crippen LogP contribution in [0.5, 0.6) is 0 Å². The average molecular weight is 377 g/mol. The maximum absolute atomic E-state index is 9.33. The first kappa shape index (κ1) is 10.3. The van der Waals surface area contributed by atoms with Crippen LogP contribution in [0.2, 0.25) is 0 Å².